The molecule has 1 fully saturated rings. The number of hydrogen-bond donors (Lipinski definition) is 0. The van der Waals surface area contributed by atoms with Crippen LogP contribution in [0.25, 0.3) is 5.95 Å². The maximum atomic E-state index is 5.93. The van der Waals surface area contributed by atoms with Crippen LogP contribution in [0.4, 0.5) is 5.95 Å². The van der Waals surface area contributed by atoms with E-state index in [4.69, 9.17) is 16.3 Å². The first-order valence-electron chi connectivity index (χ1n) is 5.80. The minimum atomic E-state index is 0.136. The molecule has 3 rings (SSSR count). The zero-order chi connectivity index (χ0) is 13.2. The minimum Gasteiger partial charge on any atom is -0.380 e. The van der Waals surface area contributed by atoms with Crippen LogP contribution in [0, 0.1) is 0 Å². The van der Waals surface area contributed by atoms with E-state index in [2.05, 4.69) is 25.0 Å². The van der Waals surface area contributed by atoms with Crippen molar-refractivity contribution in [3.8, 4) is 5.95 Å². The van der Waals surface area contributed by atoms with Crippen molar-refractivity contribution < 1.29 is 4.74 Å². The van der Waals surface area contributed by atoms with Gasteiger partial charge in [0.2, 0.25) is 11.2 Å². The van der Waals surface area contributed by atoms with E-state index in [0.717, 1.165) is 19.5 Å². The standard InChI is InChI=1S/C10H12ClN7O/c1-19-7-2-3-17(4-7)9-14-8(11)15-10(16-9)18-6-12-5-13-18/h5-7H,2-4H2,1H3. The van der Waals surface area contributed by atoms with Crippen LogP contribution in [0.1, 0.15) is 6.42 Å². The van der Waals surface area contributed by atoms with Crippen molar-refractivity contribution in [3.63, 3.8) is 0 Å². The van der Waals surface area contributed by atoms with Gasteiger partial charge in [0, 0.05) is 20.2 Å². The zero-order valence-electron chi connectivity index (χ0n) is 10.3. The molecular weight excluding hydrogens is 270 g/mol. The fraction of sp³-hybridized carbons (Fsp3) is 0.500. The lowest BCUT2D eigenvalue weighted by atomic mass is 10.3. The second-order valence-corrected chi connectivity index (χ2v) is 4.47. The summed E-state index contributed by atoms with van der Waals surface area (Å²) in [5.41, 5.74) is 0. The van der Waals surface area contributed by atoms with Gasteiger partial charge in [-0.25, -0.2) is 4.98 Å². The summed E-state index contributed by atoms with van der Waals surface area (Å²) < 4.78 is 6.77. The number of methoxy groups -OCH3 is 1. The summed E-state index contributed by atoms with van der Waals surface area (Å²) in [6.45, 7) is 1.57. The van der Waals surface area contributed by atoms with E-state index in [9.17, 15) is 0 Å². The number of aromatic nitrogens is 6. The van der Waals surface area contributed by atoms with E-state index < -0.39 is 0 Å². The normalized spacial score (nSPS) is 19.1. The molecule has 1 unspecified atom stereocenters. The Labute approximate surface area is 114 Å². The molecule has 19 heavy (non-hydrogen) atoms. The van der Waals surface area contributed by atoms with Gasteiger partial charge < -0.3 is 9.64 Å². The van der Waals surface area contributed by atoms with Crippen LogP contribution < -0.4 is 4.90 Å². The van der Waals surface area contributed by atoms with Crippen molar-refractivity contribution in [2.75, 3.05) is 25.1 Å². The molecule has 0 aliphatic carbocycles. The van der Waals surface area contributed by atoms with Crippen molar-refractivity contribution >= 4 is 17.5 Å². The van der Waals surface area contributed by atoms with E-state index in [1.807, 2.05) is 4.90 Å². The van der Waals surface area contributed by atoms with Gasteiger partial charge in [-0.1, -0.05) is 0 Å². The maximum Gasteiger partial charge on any atom is 0.258 e. The fourth-order valence-corrected chi connectivity index (χ4v) is 2.14. The number of rotatable bonds is 3. The third kappa shape index (κ3) is 2.49. The van der Waals surface area contributed by atoms with Gasteiger partial charge in [-0.3, -0.25) is 0 Å². The van der Waals surface area contributed by atoms with Gasteiger partial charge in [-0.2, -0.15) is 24.7 Å². The summed E-state index contributed by atoms with van der Waals surface area (Å²) in [6, 6.07) is 0. The van der Waals surface area contributed by atoms with Crippen LogP contribution in [-0.2, 0) is 4.74 Å². The zero-order valence-corrected chi connectivity index (χ0v) is 11.0. The molecule has 1 atom stereocenters. The minimum absolute atomic E-state index is 0.136. The van der Waals surface area contributed by atoms with Crippen LogP contribution in [0.15, 0.2) is 12.7 Å². The highest BCUT2D eigenvalue weighted by Gasteiger charge is 2.25. The molecular formula is C10H12ClN7O. The van der Waals surface area contributed by atoms with Crippen molar-refractivity contribution in [3.05, 3.63) is 17.9 Å². The van der Waals surface area contributed by atoms with E-state index >= 15 is 0 Å². The Kier molecular flexibility index (Phi) is 3.26. The lowest BCUT2D eigenvalue weighted by Crippen LogP contribution is -2.25. The van der Waals surface area contributed by atoms with Gasteiger partial charge in [-0.15, -0.1) is 0 Å². The average molecular weight is 282 g/mol. The molecule has 2 aromatic heterocycles. The van der Waals surface area contributed by atoms with Crippen LogP contribution in [-0.4, -0.2) is 56.0 Å². The second kappa shape index (κ2) is 5.06. The molecule has 0 bridgehead atoms. The molecule has 0 spiro atoms. The fourth-order valence-electron chi connectivity index (χ4n) is 1.99. The highest BCUT2D eigenvalue weighted by atomic mass is 35.5. The molecule has 9 heteroatoms. The summed E-state index contributed by atoms with van der Waals surface area (Å²) in [4.78, 5) is 18.4. The first kappa shape index (κ1) is 12.2. The average Bonchev–Trinajstić information content (AvgIpc) is 3.09. The highest BCUT2D eigenvalue weighted by molar-refractivity contribution is 6.28. The maximum absolute atomic E-state index is 5.93. The predicted octanol–water partition coefficient (Wildman–Crippen LogP) is 0.331. The molecule has 1 aliphatic rings. The quantitative estimate of drug-likeness (QED) is 0.802. The summed E-state index contributed by atoms with van der Waals surface area (Å²) in [7, 11) is 1.70. The van der Waals surface area contributed by atoms with Crippen LogP contribution in [0.5, 0.6) is 0 Å². The molecule has 1 saturated heterocycles. The Morgan fingerprint density at radius 1 is 1.32 bits per heavy atom. The van der Waals surface area contributed by atoms with Crippen molar-refractivity contribution in [1.29, 1.82) is 0 Å². The summed E-state index contributed by atoms with van der Waals surface area (Å²) >= 11 is 5.93. The molecule has 0 saturated carbocycles. The van der Waals surface area contributed by atoms with Gasteiger partial charge in [0.1, 0.15) is 12.7 Å². The Balaban J connectivity index is 1.90. The lowest BCUT2D eigenvalue weighted by Gasteiger charge is -2.16. The first-order chi connectivity index (χ1) is 9.26. The Morgan fingerprint density at radius 2 is 2.16 bits per heavy atom. The largest absolute Gasteiger partial charge is 0.380 e. The Morgan fingerprint density at radius 3 is 2.84 bits per heavy atom. The van der Waals surface area contributed by atoms with Gasteiger partial charge >= 0.3 is 0 Å². The van der Waals surface area contributed by atoms with E-state index in [-0.39, 0.29) is 11.4 Å². The number of nitrogens with zero attached hydrogens (tertiary/aromatic N) is 7. The third-order valence-electron chi connectivity index (χ3n) is 2.97. The van der Waals surface area contributed by atoms with Crippen LogP contribution in [0.3, 0.4) is 0 Å². The van der Waals surface area contributed by atoms with Crippen molar-refractivity contribution in [2.24, 2.45) is 0 Å². The predicted molar refractivity (Wildman–Crippen MR) is 67.4 cm³/mol. The van der Waals surface area contributed by atoms with Crippen LogP contribution >= 0.6 is 11.6 Å². The van der Waals surface area contributed by atoms with Crippen LogP contribution in [0.2, 0.25) is 5.28 Å². The van der Waals surface area contributed by atoms with Crippen molar-refractivity contribution in [1.82, 2.24) is 29.7 Å². The topological polar surface area (TPSA) is 81.9 Å². The lowest BCUT2D eigenvalue weighted by molar-refractivity contribution is 0.121. The number of hydrogen-bond acceptors (Lipinski definition) is 7. The van der Waals surface area contributed by atoms with E-state index in [1.54, 1.807) is 7.11 Å². The summed E-state index contributed by atoms with van der Waals surface area (Å²) in [5, 5.41) is 4.11. The number of halogens is 1. The van der Waals surface area contributed by atoms with Gasteiger partial charge in [0.15, 0.2) is 0 Å². The second-order valence-electron chi connectivity index (χ2n) is 4.14. The first-order valence-corrected chi connectivity index (χ1v) is 6.18. The van der Waals surface area contributed by atoms with Crippen molar-refractivity contribution in [2.45, 2.75) is 12.5 Å². The van der Waals surface area contributed by atoms with E-state index in [0.29, 0.717) is 11.9 Å². The smallest absolute Gasteiger partial charge is 0.258 e. The molecule has 0 radical (unpaired) electrons. The molecule has 1 aliphatic heterocycles. The molecule has 3 heterocycles. The summed E-state index contributed by atoms with van der Waals surface area (Å²) in [5.74, 6) is 0.887. The molecule has 0 aromatic carbocycles. The number of anilines is 1. The molecule has 100 valence electrons. The third-order valence-corrected chi connectivity index (χ3v) is 3.14. The monoisotopic (exact) mass is 281 g/mol. The van der Waals surface area contributed by atoms with Gasteiger partial charge in [0.05, 0.1) is 6.10 Å². The van der Waals surface area contributed by atoms with E-state index in [1.165, 1.54) is 17.3 Å². The molecule has 0 amide bonds. The molecule has 0 N–H and O–H groups in total. The summed E-state index contributed by atoms with van der Waals surface area (Å²) in [6.07, 6.45) is 4.06. The Bertz CT molecular complexity index is 561. The highest BCUT2D eigenvalue weighted by Crippen LogP contribution is 2.19. The SMILES string of the molecule is COC1CCN(c2nc(Cl)nc(-n3cncn3)n2)C1. The molecule has 8 nitrogen and oxygen atoms in total. The molecule has 2 aromatic rings. The van der Waals surface area contributed by atoms with Gasteiger partial charge in [0.25, 0.3) is 5.95 Å². The van der Waals surface area contributed by atoms with Gasteiger partial charge in [-0.05, 0) is 18.0 Å². The number of ether oxygens (including phenoxy) is 1. The Hall–Kier alpha value is -1.80.